The van der Waals surface area contributed by atoms with E-state index >= 15 is 0 Å². The average molecular weight is 305 g/mol. The summed E-state index contributed by atoms with van der Waals surface area (Å²) in [6.07, 6.45) is 3.67. The molecule has 1 aromatic carbocycles. The van der Waals surface area contributed by atoms with Gasteiger partial charge in [-0.2, -0.15) is 0 Å². The van der Waals surface area contributed by atoms with Crippen molar-refractivity contribution >= 4 is 0 Å². The summed E-state index contributed by atoms with van der Waals surface area (Å²) >= 11 is 0. The lowest BCUT2D eigenvalue weighted by atomic mass is 10.1. The SMILES string of the molecule is C[C@H](N[C@H]1CCO[C@@H]1C)c1ccc(OC2CCOCC2)cc1. The van der Waals surface area contributed by atoms with Crippen molar-refractivity contribution in [1.29, 1.82) is 0 Å². The van der Waals surface area contributed by atoms with E-state index < -0.39 is 0 Å². The molecule has 2 aliphatic heterocycles. The van der Waals surface area contributed by atoms with E-state index in [0.717, 1.165) is 44.8 Å². The molecule has 0 aromatic heterocycles. The molecule has 4 heteroatoms. The molecule has 22 heavy (non-hydrogen) atoms. The minimum atomic E-state index is 0.298. The number of ether oxygens (including phenoxy) is 3. The van der Waals surface area contributed by atoms with Crippen LogP contribution in [0.3, 0.4) is 0 Å². The van der Waals surface area contributed by atoms with E-state index in [4.69, 9.17) is 14.2 Å². The predicted octanol–water partition coefficient (Wildman–Crippen LogP) is 3.07. The van der Waals surface area contributed by atoms with Gasteiger partial charge in [0.2, 0.25) is 0 Å². The molecule has 0 amide bonds. The van der Waals surface area contributed by atoms with Crippen LogP contribution < -0.4 is 10.1 Å². The van der Waals surface area contributed by atoms with Gasteiger partial charge in [0.1, 0.15) is 11.9 Å². The molecule has 2 saturated heterocycles. The molecule has 0 aliphatic carbocycles. The maximum absolute atomic E-state index is 6.02. The first-order chi connectivity index (χ1) is 10.7. The Bertz CT molecular complexity index is 456. The van der Waals surface area contributed by atoms with Crippen LogP contribution in [0, 0.1) is 0 Å². The van der Waals surface area contributed by atoms with Crippen molar-refractivity contribution in [3.8, 4) is 5.75 Å². The highest BCUT2D eigenvalue weighted by Gasteiger charge is 2.25. The van der Waals surface area contributed by atoms with Crippen LogP contribution in [-0.2, 0) is 9.47 Å². The largest absolute Gasteiger partial charge is 0.490 e. The highest BCUT2D eigenvalue weighted by atomic mass is 16.5. The lowest BCUT2D eigenvalue weighted by Crippen LogP contribution is -2.36. The fourth-order valence-electron chi connectivity index (χ4n) is 3.19. The second-order valence-electron chi connectivity index (χ2n) is 6.36. The van der Waals surface area contributed by atoms with E-state index in [2.05, 4.69) is 43.4 Å². The fraction of sp³-hybridized carbons (Fsp3) is 0.667. The normalized spacial score (nSPS) is 27.7. The summed E-state index contributed by atoms with van der Waals surface area (Å²) in [7, 11) is 0. The average Bonchev–Trinajstić information content (AvgIpc) is 2.94. The van der Waals surface area contributed by atoms with Crippen molar-refractivity contribution in [3.05, 3.63) is 29.8 Å². The van der Waals surface area contributed by atoms with E-state index in [1.165, 1.54) is 5.56 Å². The summed E-state index contributed by atoms with van der Waals surface area (Å²) in [6.45, 7) is 6.84. The maximum atomic E-state index is 6.02. The molecule has 0 radical (unpaired) electrons. The minimum absolute atomic E-state index is 0.298. The Morgan fingerprint density at radius 2 is 1.82 bits per heavy atom. The van der Waals surface area contributed by atoms with Gasteiger partial charge in [-0.05, 0) is 38.0 Å². The van der Waals surface area contributed by atoms with Gasteiger partial charge in [0.15, 0.2) is 0 Å². The predicted molar refractivity (Wildman–Crippen MR) is 86.3 cm³/mol. The van der Waals surface area contributed by atoms with Crippen LogP contribution in [0.1, 0.15) is 44.7 Å². The van der Waals surface area contributed by atoms with Gasteiger partial charge in [0.25, 0.3) is 0 Å². The monoisotopic (exact) mass is 305 g/mol. The standard InChI is InChI=1S/C18H27NO3/c1-13(19-18-9-12-21-14(18)2)15-3-5-16(6-4-15)22-17-7-10-20-11-8-17/h3-6,13-14,17-19H,7-12H2,1-2H3/t13-,14+,18-/m0/s1. The quantitative estimate of drug-likeness (QED) is 0.907. The third-order valence-electron chi connectivity index (χ3n) is 4.69. The molecule has 0 bridgehead atoms. The smallest absolute Gasteiger partial charge is 0.119 e. The number of rotatable bonds is 5. The molecule has 0 unspecified atom stereocenters. The summed E-state index contributed by atoms with van der Waals surface area (Å²) in [4.78, 5) is 0. The van der Waals surface area contributed by atoms with Crippen molar-refractivity contribution < 1.29 is 14.2 Å². The molecule has 1 N–H and O–H groups in total. The molecule has 2 heterocycles. The highest BCUT2D eigenvalue weighted by molar-refractivity contribution is 5.29. The van der Waals surface area contributed by atoms with E-state index in [-0.39, 0.29) is 0 Å². The van der Waals surface area contributed by atoms with Gasteiger partial charge in [-0.15, -0.1) is 0 Å². The summed E-state index contributed by atoms with van der Waals surface area (Å²) in [5.41, 5.74) is 1.29. The van der Waals surface area contributed by atoms with Gasteiger partial charge in [-0.1, -0.05) is 12.1 Å². The molecule has 0 saturated carbocycles. The van der Waals surface area contributed by atoms with E-state index in [9.17, 15) is 0 Å². The molecule has 2 aliphatic rings. The first-order valence-electron chi connectivity index (χ1n) is 8.44. The van der Waals surface area contributed by atoms with Crippen LogP contribution in [0.5, 0.6) is 5.75 Å². The third kappa shape index (κ3) is 4.00. The van der Waals surface area contributed by atoms with Crippen molar-refractivity contribution in [2.24, 2.45) is 0 Å². The van der Waals surface area contributed by atoms with Gasteiger partial charge >= 0.3 is 0 Å². The van der Waals surface area contributed by atoms with Crippen LogP contribution >= 0.6 is 0 Å². The molecule has 3 atom stereocenters. The van der Waals surface area contributed by atoms with Crippen LogP contribution in [0.2, 0.25) is 0 Å². The molecular weight excluding hydrogens is 278 g/mol. The number of hydrogen-bond acceptors (Lipinski definition) is 4. The van der Waals surface area contributed by atoms with Gasteiger partial charge in [-0.25, -0.2) is 0 Å². The first kappa shape index (κ1) is 15.8. The van der Waals surface area contributed by atoms with Crippen LogP contribution in [0.25, 0.3) is 0 Å². The van der Waals surface area contributed by atoms with Crippen molar-refractivity contribution in [1.82, 2.24) is 5.32 Å². The first-order valence-corrected chi connectivity index (χ1v) is 8.44. The van der Waals surface area contributed by atoms with Gasteiger partial charge in [-0.3, -0.25) is 0 Å². The third-order valence-corrected chi connectivity index (χ3v) is 4.69. The number of hydrogen-bond donors (Lipinski definition) is 1. The molecule has 0 spiro atoms. The fourth-order valence-corrected chi connectivity index (χ4v) is 3.19. The van der Waals surface area contributed by atoms with E-state index in [1.807, 2.05) is 0 Å². The Hall–Kier alpha value is -1.10. The highest BCUT2D eigenvalue weighted by Crippen LogP contribution is 2.23. The van der Waals surface area contributed by atoms with Crippen molar-refractivity contribution in [3.63, 3.8) is 0 Å². The maximum Gasteiger partial charge on any atom is 0.119 e. The zero-order valence-electron chi connectivity index (χ0n) is 13.6. The Balaban J connectivity index is 1.53. The summed E-state index contributed by atoms with van der Waals surface area (Å²) in [5.74, 6) is 0.959. The summed E-state index contributed by atoms with van der Waals surface area (Å²) < 4.78 is 17.0. The van der Waals surface area contributed by atoms with E-state index in [1.54, 1.807) is 0 Å². The zero-order chi connectivity index (χ0) is 15.4. The molecule has 2 fully saturated rings. The lowest BCUT2D eigenvalue weighted by molar-refractivity contribution is 0.0255. The van der Waals surface area contributed by atoms with Gasteiger partial charge in [0.05, 0.1) is 19.3 Å². The van der Waals surface area contributed by atoms with Crippen LogP contribution in [-0.4, -0.2) is 38.1 Å². The molecule has 122 valence electrons. The Labute approximate surface area is 133 Å². The van der Waals surface area contributed by atoms with E-state index in [0.29, 0.717) is 24.3 Å². The van der Waals surface area contributed by atoms with Gasteiger partial charge in [0, 0.05) is 31.5 Å². The molecule has 3 rings (SSSR count). The Morgan fingerprint density at radius 3 is 2.45 bits per heavy atom. The van der Waals surface area contributed by atoms with Crippen molar-refractivity contribution in [2.45, 2.75) is 57.4 Å². The second kappa shape index (κ2) is 7.44. The van der Waals surface area contributed by atoms with Crippen LogP contribution in [0.15, 0.2) is 24.3 Å². The zero-order valence-corrected chi connectivity index (χ0v) is 13.6. The van der Waals surface area contributed by atoms with Gasteiger partial charge < -0.3 is 19.5 Å². The minimum Gasteiger partial charge on any atom is -0.490 e. The topological polar surface area (TPSA) is 39.7 Å². The number of nitrogens with one attached hydrogen (secondary N) is 1. The van der Waals surface area contributed by atoms with Crippen LogP contribution in [0.4, 0.5) is 0 Å². The molecule has 1 aromatic rings. The summed E-state index contributed by atoms with van der Waals surface area (Å²) in [5, 5.41) is 3.66. The lowest BCUT2D eigenvalue weighted by Gasteiger charge is -2.24. The molecular formula is C18H27NO3. The Kier molecular flexibility index (Phi) is 5.34. The Morgan fingerprint density at radius 1 is 1.09 bits per heavy atom. The summed E-state index contributed by atoms with van der Waals surface area (Å²) in [6, 6.07) is 9.26. The second-order valence-corrected chi connectivity index (χ2v) is 6.36. The molecule has 4 nitrogen and oxygen atoms in total. The van der Waals surface area contributed by atoms with Crippen molar-refractivity contribution in [2.75, 3.05) is 19.8 Å². The number of benzene rings is 1.